The van der Waals surface area contributed by atoms with Crippen LogP contribution in [0.15, 0.2) is 0 Å². The SMILES string of the molecule is CNC(=S)N1CC[C@H](CS(=O)(=O)NNC(=O)C2CC(C3CN(C)CN3)CC(Cl)C2F)C1. The Bertz CT molecular complexity index is 775. The number of carbonyl (C=O) groups is 1. The van der Waals surface area contributed by atoms with Gasteiger partial charge in [-0.15, -0.1) is 16.4 Å². The van der Waals surface area contributed by atoms with E-state index in [4.69, 9.17) is 23.8 Å². The van der Waals surface area contributed by atoms with Crippen LogP contribution < -0.4 is 20.9 Å². The molecule has 0 aromatic carbocycles. The molecule has 13 heteroatoms. The van der Waals surface area contributed by atoms with E-state index in [0.717, 1.165) is 13.2 Å². The monoisotopic (exact) mass is 498 g/mol. The number of sulfonamides is 1. The van der Waals surface area contributed by atoms with Gasteiger partial charge in [0, 0.05) is 39.4 Å². The molecule has 3 aliphatic rings. The van der Waals surface area contributed by atoms with Gasteiger partial charge in [0.05, 0.1) is 17.0 Å². The van der Waals surface area contributed by atoms with Gasteiger partial charge in [-0.1, -0.05) is 0 Å². The highest BCUT2D eigenvalue weighted by molar-refractivity contribution is 7.89. The number of hydrazine groups is 1. The largest absolute Gasteiger partial charge is 0.366 e. The van der Waals surface area contributed by atoms with Crippen molar-refractivity contribution in [3.05, 3.63) is 0 Å². The van der Waals surface area contributed by atoms with Crippen LogP contribution in [-0.2, 0) is 14.8 Å². The van der Waals surface area contributed by atoms with Crippen molar-refractivity contribution in [1.82, 2.24) is 30.7 Å². The number of carbonyl (C=O) groups excluding carboxylic acids is 1. The van der Waals surface area contributed by atoms with E-state index in [9.17, 15) is 17.6 Å². The number of likely N-dealkylation sites (N-methyl/N-ethyl adjacent to an activating group) is 1. The van der Waals surface area contributed by atoms with Crippen LogP contribution in [0.2, 0.25) is 0 Å². The van der Waals surface area contributed by atoms with Crippen molar-refractivity contribution < 1.29 is 17.6 Å². The summed E-state index contributed by atoms with van der Waals surface area (Å²) in [5.74, 6) is -1.87. The van der Waals surface area contributed by atoms with Gasteiger partial charge in [0.25, 0.3) is 0 Å². The number of halogens is 2. The molecule has 0 radical (unpaired) electrons. The van der Waals surface area contributed by atoms with Gasteiger partial charge in [0.2, 0.25) is 15.9 Å². The Morgan fingerprint density at radius 3 is 2.71 bits per heavy atom. The molecule has 9 nitrogen and oxygen atoms in total. The zero-order chi connectivity index (χ0) is 22.8. The third kappa shape index (κ3) is 6.38. The second-order valence-corrected chi connectivity index (χ2v) is 11.5. The lowest BCUT2D eigenvalue weighted by Crippen LogP contribution is -2.52. The lowest BCUT2D eigenvalue weighted by Gasteiger charge is -2.37. The second-order valence-electron chi connectivity index (χ2n) is 8.83. The maximum absolute atomic E-state index is 14.7. The first-order chi connectivity index (χ1) is 14.6. The summed E-state index contributed by atoms with van der Waals surface area (Å²) in [6.45, 7) is 2.76. The second kappa shape index (κ2) is 10.4. The zero-order valence-electron chi connectivity index (χ0n) is 17.8. The smallest absolute Gasteiger partial charge is 0.241 e. The summed E-state index contributed by atoms with van der Waals surface area (Å²) < 4.78 is 39.6. The minimum atomic E-state index is -3.77. The van der Waals surface area contributed by atoms with Crippen molar-refractivity contribution in [2.45, 2.75) is 36.9 Å². The first kappa shape index (κ1) is 24.8. The summed E-state index contributed by atoms with van der Waals surface area (Å²) in [6, 6.07) is 0.139. The van der Waals surface area contributed by atoms with E-state index >= 15 is 0 Å². The molecular weight excluding hydrogens is 467 g/mol. The number of rotatable bonds is 6. The molecule has 0 bridgehead atoms. The average Bonchev–Trinajstić information content (AvgIpc) is 3.36. The summed E-state index contributed by atoms with van der Waals surface area (Å²) in [5, 5.41) is 6.06. The van der Waals surface area contributed by atoms with E-state index in [1.54, 1.807) is 7.05 Å². The van der Waals surface area contributed by atoms with Gasteiger partial charge in [-0.3, -0.25) is 20.4 Å². The molecule has 0 spiro atoms. The fourth-order valence-electron chi connectivity index (χ4n) is 4.74. The summed E-state index contributed by atoms with van der Waals surface area (Å²) >= 11 is 11.4. The van der Waals surface area contributed by atoms with E-state index in [-0.39, 0.29) is 23.6 Å². The molecule has 2 saturated heterocycles. The molecule has 1 aliphatic carbocycles. The topological polar surface area (TPSA) is 106 Å². The highest BCUT2D eigenvalue weighted by Gasteiger charge is 2.44. The molecule has 178 valence electrons. The first-order valence-electron chi connectivity index (χ1n) is 10.6. The van der Waals surface area contributed by atoms with Crippen LogP contribution in [0.5, 0.6) is 0 Å². The molecule has 31 heavy (non-hydrogen) atoms. The Balaban J connectivity index is 1.52. The van der Waals surface area contributed by atoms with Crippen LogP contribution in [0.1, 0.15) is 19.3 Å². The Morgan fingerprint density at radius 1 is 1.32 bits per heavy atom. The third-order valence-electron chi connectivity index (χ3n) is 6.42. The van der Waals surface area contributed by atoms with E-state index in [2.05, 4.69) is 25.8 Å². The Labute approximate surface area is 193 Å². The van der Waals surface area contributed by atoms with Crippen molar-refractivity contribution >= 4 is 44.9 Å². The molecule has 5 unspecified atom stereocenters. The van der Waals surface area contributed by atoms with Crippen molar-refractivity contribution in [2.75, 3.05) is 46.2 Å². The number of likely N-dealkylation sites (tertiary alicyclic amines) is 1. The Kier molecular flexibility index (Phi) is 8.36. The van der Waals surface area contributed by atoms with Crippen LogP contribution >= 0.6 is 23.8 Å². The molecule has 0 aromatic rings. The number of hydrogen-bond acceptors (Lipinski definition) is 6. The van der Waals surface area contributed by atoms with Crippen molar-refractivity contribution in [3.8, 4) is 0 Å². The standard InChI is InChI=1S/C18H32ClFN6O3S2/c1-21-18(30)26-4-3-11(7-26)9-31(28,29)24-23-17(27)13-5-12(6-14(19)16(13)20)15-8-25(2)10-22-15/h11-16,22,24H,3-10H2,1-2H3,(H,21,30)(H,23,27)/t11-,12?,13?,14?,15?,16?/m0/s1. The lowest BCUT2D eigenvalue weighted by molar-refractivity contribution is -0.129. The van der Waals surface area contributed by atoms with Crippen molar-refractivity contribution in [3.63, 3.8) is 0 Å². The highest BCUT2D eigenvalue weighted by atomic mass is 35.5. The zero-order valence-corrected chi connectivity index (χ0v) is 20.2. The number of alkyl halides is 2. The molecule has 3 fully saturated rings. The number of thiocarbonyl (C=S) groups is 1. The summed E-state index contributed by atoms with van der Waals surface area (Å²) in [6.07, 6.45) is -0.0316. The fraction of sp³-hybridized carbons (Fsp3) is 0.889. The van der Waals surface area contributed by atoms with Gasteiger partial charge in [0.1, 0.15) is 6.17 Å². The number of amides is 1. The van der Waals surface area contributed by atoms with Crippen molar-refractivity contribution in [2.24, 2.45) is 17.8 Å². The van der Waals surface area contributed by atoms with Gasteiger partial charge >= 0.3 is 0 Å². The van der Waals surface area contributed by atoms with Gasteiger partial charge in [-0.2, -0.15) is 0 Å². The third-order valence-corrected chi connectivity index (χ3v) is 8.63. The number of nitrogens with one attached hydrogen (secondary N) is 4. The number of nitrogens with zero attached hydrogens (tertiary/aromatic N) is 2. The fourth-order valence-corrected chi connectivity index (χ4v) is 6.54. The van der Waals surface area contributed by atoms with E-state index in [1.807, 2.05) is 11.9 Å². The number of hydrogen-bond donors (Lipinski definition) is 4. The molecule has 2 aliphatic heterocycles. The van der Waals surface area contributed by atoms with Gasteiger partial charge < -0.3 is 10.2 Å². The average molecular weight is 499 g/mol. The van der Waals surface area contributed by atoms with E-state index < -0.39 is 33.4 Å². The predicted octanol–water partition coefficient (Wildman–Crippen LogP) is -0.404. The predicted molar refractivity (Wildman–Crippen MR) is 122 cm³/mol. The van der Waals surface area contributed by atoms with Crippen LogP contribution in [0.4, 0.5) is 4.39 Å². The molecule has 1 saturated carbocycles. The van der Waals surface area contributed by atoms with Gasteiger partial charge in [0.15, 0.2) is 5.11 Å². The molecular formula is C18H32ClFN6O3S2. The van der Waals surface area contributed by atoms with E-state index in [1.165, 1.54) is 0 Å². The van der Waals surface area contributed by atoms with Gasteiger partial charge in [-0.05, 0) is 50.4 Å². The molecule has 2 heterocycles. The maximum atomic E-state index is 14.7. The van der Waals surface area contributed by atoms with Crippen LogP contribution in [0, 0.1) is 17.8 Å². The molecule has 4 N–H and O–H groups in total. The van der Waals surface area contributed by atoms with Crippen LogP contribution in [-0.4, -0.2) is 93.0 Å². The van der Waals surface area contributed by atoms with Gasteiger partial charge in [-0.25, -0.2) is 12.8 Å². The molecule has 6 atom stereocenters. The summed E-state index contributed by atoms with van der Waals surface area (Å²) in [7, 11) is -0.0558. The summed E-state index contributed by atoms with van der Waals surface area (Å²) in [4.78, 5) is 18.8. The van der Waals surface area contributed by atoms with E-state index in [0.29, 0.717) is 37.5 Å². The normalized spacial score (nSPS) is 34.6. The van der Waals surface area contributed by atoms with Crippen LogP contribution in [0.3, 0.4) is 0 Å². The molecule has 0 aromatic heterocycles. The lowest BCUT2D eigenvalue weighted by atomic mass is 9.76. The summed E-state index contributed by atoms with van der Waals surface area (Å²) in [5.41, 5.74) is 2.22. The molecule has 3 rings (SSSR count). The quantitative estimate of drug-likeness (QED) is 0.223. The first-order valence-corrected chi connectivity index (χ1v) is 13.1. The van der Waals surface area contributed by atoms with Crippen molar-refractivity contribution in [1.29, 1.82) is 0 Å². The minimum Gasteiger partial charge on any atom is -0.366 e. The molecule has 1 amide bonds. The highest BCUT2D eigenvalue weighted by Crippen LogP contribution is 2.37. The Morgan fingerprint density at radius 2 is 2.06 bits per heavy atom. The minimum absolute atomic E-state index is 0.0484. The van der Waals surface area contributed by atoms with Crippen LogP contribution in [0.25, 0.3) is 0 Å². The Hall–Kier alpha value is -0.790. The maximum Gasteiger partial charge on any atom is 0.241 e.